The van der Waals surface area contributed by atoms with Crippen LogP contribution in [0.15, 0.2) is 42.5 Å². The molecule has 23 heavy (non-hydrogen) atoms. The van der Waals surface area contributed by atoms with E-state index in [1.165, 1.54) is 11.1 Å². The minimum absolute atomic E-state index is 0.629. The van der Waals surface area contributed by atoms with Crippen molar-refractivity contribution in [2.24, 2.45) is 0 Å². The van der Waals surface area contributed by atoms with Crippen LogP contribution in [0.1, 0.15) is 11.1 Å². The van der Waals surface area contributed by atoms with Crippen molar-refractivity contribution in [1.82, 2.24) is 9.78 Å². The maximum Gasteiger partial charge on any atom is 0.133 e. The highest BCUT2D eigenvalue weighted by Gasteiger charge is 2.25. The Hall–Kier alpha value is -1.97. The molecule has 0 saturated heterocycles. The molecule has 0 amide bonds. The van der Waals surface area contributed by atoms with Crippen molar-refractivity contribution < 1.29 is 0 Å². The molecular weight excluding hydrogens is 329 g/mol. The summed E-state index contributed by atoms with van der Waals surface area (Å²) >= 11 is 12.5. The lowest BCUT2D eigenvalue weighted by Crippen LogP contribution is -2.05. The summed E-state index contributed by atoms with van der Waals surface area (Å²) in [6, 6.07) is 13.7. The van der Waals surface area contributed by atoms with Crippen LogP contribution in [-0.2, 0) is 6.42 Å². The highest BCUT2D eigenvalue weighted by atomic mass is 35.5. The predicted molar refractivity (Wildman–Crippen MR) is 96.0 cm³/mol. The van der Waals surface area contributed by atoms with E-state index in [-0.39, 0.29) is 0 Å². The summed E-state index contributed by atoms with van der Waals surface area (Å²) in [5, 5.41) is 9.54. The monoisotopic (exact) mass is 343 g/mol. The Labute approximate surface area is 144 Å². The summed E-state index contributed by atoms with van der Waals surface area (Å²) in [4.78, 5) is 0. The van der Waals surface area contributed by atoms with Gasteiger partial charge in [-0.25, -0.2) is 4.68 Å². The van der Waals surface area contributed by atoms with E-state index in [2.05, 4.69) is 24.4 Å². The van der Waals surface area contributed by atoms with Crippen LogP contribution in [0.25, 0.3) is 16.9 Å². The van der Waals surface area contributed by atoms with Crippen LogP contribution in [0.4, 0.5) is 5.82 Å². The maximum absolute atomic E-state index is 6.37. The van der Waals surface area contributed by atoms with Gasteiger partial charge in [0.05, 0.1) is 16.4 Å². The van der Waals surface area contributed by atoms with Crippen LogP contribution in [0.3, 0.4) is 0 Å². The number of anilines is 1. The number of nitrogens with one attached hydrogen (secondary N) is 1. The van der Waals surface area contributed by atoms with Gasteiger partial charge >= 0.3 is 0 Å². The van der Waals surface area contributed by atoms with Crippen molar-refractivity contribution in [2.75, 3.05) is 11.9 Å². The second kappa shape index (κ2) is 5.59. The van der Waals surface area contributed by atoms with E-state index in [0.717, 1.165) is 35.7 Å². The fourth-order valence-electron chi connectivity index (χ4n) is 3.05. The molecule has 3 aromatic rings. The zero-order valence-electron chi connectivity index (χ0n) is 12.6. The standard InChI is InChI=1S/C18H15Cl2N3/c1-11-4-2-3-5-13(11)17-14-8-9-21-18(14)23(22-17)16-10-12(19)6-7-15(16)20/h2-7,10,21H,8-9H2,1H3. The number of rotatable bonds is 2. The summed E-state index contributed by atoms with van der Waals surface area (Å²) in [5.74, 6) is 1.01. The molecule has 1 aromatic heterocycles. The number of nitrogens with zero attached hydrogens (tertiary/aromatic N) is 2. The summed E-state index contributed by atoms with van der Waals surface area (Å²) in [6.07, 6.45) is 0.956. The van der Waals surface area contributed by atoms with Crippen LogP contribution in [0, 0.1) is 6.92 Å². The second-order valence-corrected chi connectivity index (χ2v) is 6.52. The Bertz CT molecular complexity index is 899. The van der Waals surface area contributed by atoms with Crippen LogP contribution in [-0.4, -0.2) is 16.3 Å². The topological polar surface area (TPSA) is 29.9 Å². The van der Waals surface area contributed by atoms with E-state index in [1.54, 1.807) is 12.1 Å². The number of hydrogen-bond acceptors (Lipinski definition) is 2. The molecule has 2 heterocycles. The van der Waals surface area contributed by atoms with Gasteiger partial charge in [0, 0.05) is 22.7 Å². The van der Waals surface area contributed by atoms with Crippen molar-refractivity contribution >= 4 is 29.0 Å². The van der Waals surface area contributed by atoms with Gasteiger partial charge in [-0.2, -0.15) is 5.10 Å². The third-order valence-electron chi connectivity index (χ3n) is 4.19. The van der Waals surface area contributed by atoms with Crippen molar-refractivity contribution in [1.29, 1.82) is 0 Å². The minimum atomic E-state index is 0.629. The van der Waals surface area contributed by atoms with Crippen molar-refractivity contribution in [3.05, 3.63) is 63.6 Å². The third kappa shape index (κ3) is 2.41. The first-order valence-electron chi connectivity index (χ1n) is 7.52. The van der Waals surface area contributed by atoms with Crippen molar-refractivity contribution in [3.8, 4) is 16.9 Å². The summed E-state index contributed by atoms with van der Waals surface area (Å²) < 4.78 is 1.87. The first-order chi connectivity index (χ1) is 11.1. The van der Waals surface area contributed by atoms with Gasteiger partial charge in [-0.1, -0.05) is 47.5 Å². The van der Waals surface area contributed by atoms with Gasteiger partial charge in [0.25, 0.3) is 0 Å². The van der Waals surface area contributed by atoms with E-state index in [0.29, 0.717) is 10.0 Å². The Morgan fingerprint density at radius 1 is 1.13 bits per heavy atom. The molecule has 0 spiro atoms. The number of aryl methyl sites for hydroxylation is 1. The molecule has 0 bridgehead atoms. The Balaban J connectivity index is 1.96. The molecule has 0 atom stereocenters. The van der Waals surface area contributed by atoms with Gasteiger partial charge in [-0.15, -0.1) is 0 Å². The molecular formula is C18H15Cl2N3. The zero-order valence-corrected chi connectivity index (χ0v) is 14.1. The Morgan fingerprint density at radius 3 is 2.78 bits per heavy atom. The van der Waals surface area contributed by atoms with Crippen LogP contribution in [0.5, 0.6) is 0 Å². The SMILES string of the molecule is Cc1ccccc1-c1nn(-c2cc(Cl)ccc2Cl)c2c1CCN2. The molecule has 1 aliphatic heterocycles. The van der Waals surface area contributed by atoms with Gasteiger partial charge in [0.15, 0.2) is 0 Å². The van der Waals surface area contributed by atoms with Gasteiger partial charge in [0.1, 0.15) is 5.82 Å². The molecule has 0 fully saturated rings. The zero-order chi connectivity index (χ0) is 16.0. The van der Waals surface area contributed by atoms with Gasteiger partial charge in [-0.05, 0) is 37.1 Å². The van der Waals surface area contributed by atoms with Gasteiger partial charge in [-0.3, -0.25) is 0 Å². The lowest BCUT2D eigenvalue weighted by atomic mass is 10.0. The molecule has 4 rings (SSSR count). The molecule has 0 radical (unpaired) electrons. The van der Waals surface area contributed by atoms with Crippen molar-refractivity contribution in [3.63, 3.8) is 0 Å². The minimum Gasteiger partial charge on any atom is -0.369 e. The fraction of sp³-hybridized carbons (Fsp3) is 0.167. The Morgan fingerprint density at radius 2 is 1.96 bits per heavy atom. The molecule has 1 N–H and O–H groups in total. The van der Waals surface area contributed by atoms with Crippen molar-refractivity contribution in [2.45, 2.75) is 13.3 Å². The Kier molecular flexibility index (Phi) is 3.55. The molecule has 3 nitrogen and oxygen atoms in total. The lowest BCUT2D eigenvalue weighted by Gasteiger charge is -2.09. The highest BCUT2D eigenvalue weighted by molar-refractivity contribution is 6.34. The summed E-state index contributed by atoms with van der Waals surface area (Å²) in [6.45, 7) is 3.01. The lowest BCUT2D eigenvalue weighted by molar-refractivity contribution is 0.882. The smallest absolute Gasteiger partial charge is 0.133 e. The highest BCUT2D eigenvalue weighted by Crippen LogP contribution is 2.37. The van der Waals surface area contributed by atoms with E-state index in [9.17, 15) is 0 Å². The largest absolute Gasteiger partial charge is 0.369 e. The fourth-order valence-corrected chi connectivity index (χ4v) is 3.42. The number of benzene rings is 2. The van der Waals surface area contributed by atoms with E-state index >= 15 is 0 Å². The van der Waals surface area contributed by atoms with Crippen LogP contribution >= 0.6 is 23.2 Å². The van der Waals surface area contributed by atoms with Gasteiger partial charge < -0.3 is 5.32 Å². The molecule has 0 unspecified atom stereocenters. The summed E-state index contributed by atoms with van der Waals surface area (Å²) in [5.41, 5.74) is 5.41. The number of fused-ring (bicyclic) bond motifs is 1. The third-order valence-corrected chi connectivity index (χ3v) is 4.74. The molecule has 0 saturated carbocycles. The first kappa shape index (κ1) is 14.6. The molecule has 116 valence electrons. The summed E-state index contributed by atoms with van der Waals surface area (Å²) in [7, 11) is 0. The quantitative estimate of drug-likeness (QED) is 0.699. The second-order valence-electron chi connectivity index (χ2n) is 5.68. The number of halogens is 2. The average molecular weight is 344 g/mol. The average Bonchev–Trinajstić information content (AvgIpc) is 3.13. The predicted octanol–water partition coefficient (Wildman–Crippen LogP) is 5.12. The molecule has 0 aliphatic carbocycles. The van der Waals surface area contributed by atoms with E-state index in [4.69, 9.17) is 28.3 Å². The normalized spacial score (nSPS) is 13.0. The maximum atomic E-state index is 6.37. The number of hydrogen-bond donors (Lipinski definition) is 1. The van der Waals surface area contributed by atoms with Crippen LogP contribution < -0.4 is 5.32 Å². The van der Waals surface area contributed by atoms with Gasteiger partial charge in [0.2, 0.25) is 0 Å². The number of aromatic nitrogens is 2. The molecule has 5 heteroatoms. The molecule has 1 aliphatic rings. The van der Waals surface area contributed by atoms with Crippen LogP contribution in [0.2, 0.25) is 10.0 Å². The first-order valence-corrected chi connectivity index (χ1v) is 8.28. The van der Waals surface area contributed by atoms with E-state index < -0.39 is 0 Å². The molecule has 2 aromatic carbocycles. The van der Waals surface area contributed by atoms with E-state index in [1.807, 2.05) is 22.9 Å².